The summed E-state index contributed by atoms with van der Waals surface area (Å²) in [7, 11) is 0. The molecular formula is C21H16BrN3O. The lowest BCUT2D eigenvalue weighted by atomic mass is 10.1. The Morgan fingerprint density at radius 2 is 1.96 bits per heavy atom. The quantitative estimate of drug-likeness (QED) is 0.445. The van der Waals surface area contributed by atoms with Gasteiger partial charge in [0.2, 0.25) is 5.91 Å². The standard InChI is InChI=1S/C21H16BrN3O/c1-13-10-14(22)6-8-18(13)25-21(26)9-7-15-11-17-16-4-2-3-5-19(16)24-20(17)12-23-15/h2-12,24H,1H3,(H,25,26)/b9-7+. The summed E-state index contributed by atoms with van der Waals surface area (Å²) in [4.78, 5) is 20.0. The van der Waals surface area contributed by atoms with Gasteiger partial charge in [-0.25, -0.2) is 0 Å². The highest BCUT2D eigenvalue weighted by Crippen LogP contribution is 2.25. The molecule has 0 fully saturated rings. The van der Waals surface area contributed by atoms with Gasteiger partial charge in [-0.1, -0.05) is 34.1 Å². The van der Waals surface area contributed by atoms with Crippen LogP contribution in [-0.2, 0) is 4.79 Å². The third-order valence-electron chi connectivity index (χ3n) is 4.26. The van der Waals surface area contributed by atoms with Gasteiger partial charge in [-0.05, 0) is 48.9 Å². The van der Waals surface area contributed by atoms with Gasteiger partial charge >= 0.3 is 0 Å². The van der Waals surface area contributed by atoms with Crippen molar-refractivity contribution in [2.75, 3.05) is 5.32 Å². The summed E-state index contributed by atoms with van der Waals surface area (Å²) < 4.78 is 0.986. The van der Waals surface area contributed by atoms with Gasteiger partial charge in [-0.2, -0.15) is 0 Å². The first-order valence-corrected chi connectivity index (χ1v) is 9.01. The van der Waals surface area contributed by atoms with Crippen molar-refractivity contribution in [1.82, 2.24) is 9.97 Å². The van der Waals surface area contributed by atoms with E-state index in [-0.39, 0.29) is 5.91 Å². The number of carbonyl (C=O) groups excluding carboxylic acids is 1. The van der Waals surface area contributed by atoms with Gasteiger partial charge < -0.3 is 10.3 Å². The fourth-order valence-corrected chi connectivity index (χ4v) is 3.44. The molecule has 2 aromatic heterocycles. The Hall–Kier alpha value is -2.92. The predicted octanol–water partition coefficient (Wildman–Crippen LogP) is 5.44. The van der Waals surface area contributed by atoms with Gasteiger partial charge in [0.15, 0.2) is 0 Å². The number of fused-ring (bicyclic) bond motifs is 3. The first kappa shape index (κ1) is 16.5. The lowest BCUT2D eigenvalue weighted by Crippen LogP contribution is -2.08. The zero-order chi connectivity index (χ0) is 18.1. The maximum atomic E-state index is 12.2. The Labute approximate surface area is 159 Å². The highest BCUT2D eigenvalue weighted by molar-refractivity contribution is 9.10. The molecule has 1 amide bonds. The van der Waals surface area contributed by atoms with E-state index in [1.165, 1.54) is 6.08 Å². The minimum Gasteiger partial charge on any atom is -0.353 e. The molecule has 4 aromatic rings. The maximum Gasteiger partial charge on any atom is 0.248 e. The lowest BCUT2D eigenvalue weighted by molar-refractivity contribution is -0.111. The molecule has 0 saturated carbocycles. The Morgan fingerprint density at radius 3 is 2.81 bits per heavy atom. The fourth-order valence-electron chi connectivity index (χ4n) is 2.96. The van der Waals surface area contributed by atoms with Gasteiger partial charge in [0.1, 0.15) is 0 Å². The van der Waals surface area contributed by atoms with E-state index in [9.17, 15) is 4.79 Å². The van der Waals surface area contributed by atoms with Crippen LogP contribution in [0.15, 0.2) is 65.3 Å². The topological polar surface area (TPSA) is 57.8 Å². The van der Waals surface area contributed by atoms with Crippen LogP contribution in [0.2, 0.25) is 0 Å². The molecule has 4 rings (SSSR count). The third kappa shape index (κ3) is 3.26. The van der Waals surface area contributed by atoms with E-state index in [4.69, 9.17) is 0 Å². The van der Waals surface area contributed by atoms with Gasteiger partial charge in [0, 0.05) is 32.5 Å². The summed E-state index contributed by atoms with van der Waals surface area (Å²) >= 11 is 3.42. The SMILES string of the molecule is Cc1cc(Br)ccc1NC(=O)/C=C/c1cc2c(cn1)[nH]c1ccccc12. The van der Waals surface area contributed by atoms with Gasteiger partial charge in [0.05, 0.1) is 17.4 Å². The molecule has 0 aliphatic heterocycles. The number of carbonyl (C=O) groups is 1. The molecule has 0 unspecified atom stereocenters. The molecule has 5 heteroatoms. The van der Waals surface area contributed by atoms with Crippen LogP contribution in [0.25, 0.3) is 27.9 Å². The number of amides is 1. The van der Waals surface area contributed by atoms with Crippen molar-refractivity contribution >= 4 is 55.4 Å². The number of aryl methyl sites for hydroxylation is 1. The number of para-hydroxylation sites is 1. The third-order valence-corrected chi connectivity index (χ3v) is 4.76. The molecular weight excluding hydrogens is 390 g/mol. The minimum atomic E-state index is -0.184. The van der Waals surface area contributed by atoms with E-state index in [1.54, 1.807) is 12.3 Å². The van der Waals surface area contributed by atoms with Crippen LogP contribution in [0, 0.1) is 6.92 Å². The van der Waals surface area contributed by atoms with Crippen molar-refractivity contribution in [2.24, 2.45) is 0 Å². The van der Waals surface area contributed by atoms with Crippen LogP contribution in [0.1, 0.15) is 11.3 Å². The molecule has 2 N–H and O–H groups in total. The van der Waals surface area contributed by atoms with Crippen molar-refractivity contribution < 1.29 is 4.79 Å². The van der Waals surface area contributed by atoms with Gasteiger partial charge in [0.25, 0.3) is 0 Å². The number of pyridine rings is 1. The number of aromatic nitrogens is 2. The van der Waals surface area contributed by atoms with Crippen molar-refractivity contribution in [3.63, 3.8) is 0 Å². The highest BCUT2D eigenvalue weighted by Gasteiger charge is 2.05. The zero-order valence-corrected chi connectivity index (χ0v) is 15.7. The smallest absolute Gasteiger partial charge is 0.248 e. The number of hydrogen-bond acceptors (Lipinski definition) is 2. The molecule has 0 atom stereocenters. The van der Waals surface area contributed by atoms with Crippen molar-refractivity contribution in [2.45, 2.75) is 6.92 Å². The number of halogens is 1. The number of nitrogens with zero attached hydrogens (tertiary/aromatic N) is 1. The van der Waals surface area contributed by atoms with Crippen LogP contribution in [0.3, 0.4) is 0 Å². The molecule has 26 heavy (non-hydrogen) atoms. The molecule has 0 saturated heterocycles. The van der Waals surface area contributed by atoms with E-state index < -0.39 is 0 Å². The molecule has 0 aliphatic carbocycles. The summed E-state index contributed by atoms with van der Waals surface area (Å²) in [6.07, 6.45) is 5.03. The summed E-state index contributed by atoms with van der Waals surface area (Å²) in [6, 6.07) is 15.9. The molecule has 0 radical (unpaired) electrons. The number of anilines is 1. The van der Waals surface area contributed by atoms with Crippen LogP contribution in [0.5, 0.6) is 0 Å². The number of nitrogens with one attached hydrogen (secondary N) is 2. The number of H-pyrrole nitrogens is 1. The second kappa shape index (κ2) is 6.77. The molecule has 128 valence electrons. The van der Waals surface area contributed by atoms with Crippen LogP contribution < -0.4 is 5.32 Å². The van der Waals surface area contributed by atoms with Crippen LogP contribution in [0.4, 0.5) is 5.69 Å². The van der Waals surface area contributed by atoms with Crippen molar-refractivity contribution in [1.29, 1.82) is 0 Å². The number of aromatic amines is 1. The fraction of sp³-hybridized carbons (Fsp3) is 0.0476. The summed E-state index contributed by atoms with van der Waals surface area (Å²) in [5.74, 6) is -0.184. The summed E-state index contributed by atoms with van der Waals surface area (Å²) in [5, 5.41) is 5.13. The Balaban J connectivity index is 1.57. The predicted molar refractivity (Wildman–Crippen MR) is 110 cm³/mol. The maximum absolute atomic E-state index is 12.2. The Bertz CT molecular complexity index is 1160. The summed E-state index contributed by atoms with van der Waals surface area (Å²) in [6.45, 7) is 1.95. The van der Waals surface area contributed by atoms with E-state index in [1.807, 2.05) is 49.4 Å². The van der Waals surface area contributed by atoms with Crippen LogP contribution >= 0.6 is 15.9 Å². The van der Waals surface area contributed by atoms with Gasteiger partial charge in [-0.3, -0.25) is 9.78 Å². The average Bonchev–Trinajstić information content (AvgIpc) is 3.00. The second-order valence-corrected chi connectivity index (χ2v) is 7.02. The number of rotatable bonds is 3. The van der Waals surface area contributed by atoms with Gasteiger partial charge in [-0.15, -0.1) is 0 Å². The van der Waals surface area contributed by atoms with E-state index in [0.29, 0.717) is 0 Å². The zero-order valence-electron chi connectivity index (χ0n) is 14.1. The first-order valence-electron chi connectivity index (χ1n) is 8.22. The molecule has 0 aliphatic rings. The monoisotopic (exact) mass is 405 g/mol. The van der Waals surface area contributed by atoms with E-state index >= 15 is 0 Å². The van der Waals surface area contributed by atoms with Crippen molar-refractivity contribution in [3.8, 4) is 0 Å². The Kier molecular flexibility index (Phi) is 4.31. The largest absolute Gasteiger partial charge is 0.353 e. The van der Waals surface area contributed by atoms with E-state index in [2.05, 4.69) is 37.3 Å². The number of benzene rings is 2. The Morgan fingerprint density at radius 1 is 1.12 bits per heavy atom. The second-order valence-electron chi connectivity index (χ2n) is 6.11. The average molecular weight is 406 g/mol. The first-order chi connectivity index (χ1) is 12.6. The molecule has 2 heterocycles. The van der Waals surface area contributed by atoms with Crippen molar-refractivity contribution in [3.05, 3.63) is 76.5 Å². The molecule has 4 nitrogen and oxygen atoms in total. The molecule has 2 aromatic carbocycles. The van der Waals surface area contributed by atoms with Crippen LogP contribution in [-0.4, -0.2) is 15.9 Å². The normalized spacial score (nSPS) is 11.5. The lowest BCUT2D eigenvalue weighted by Gasteiger charge is -2.06. The molecule has 0 spiro atoms. The highest BCUT2D eigenvalue weighted by atomic mass is 79.9. The summed E-state index contributed by atoms with van der Waals surface area (Å²) in [5.41, 5.74) is 4.60. The minimum absolute atomic E-state index is 0.184. The number of hydrogen-bond donors (Lipinski definition) is 2. The van der Waals surface area contributed by atoms with E-state index in [0.717, 1.165) is 43.2 Å². The molecule has 0 bridgehead atoms.